The fourth-order valence-corrected chi connectivity index (χ4v) is 1.94. The van der Waals surface area contributed by atoms with E-state index < -0.39 is 5.91 Å². The normalized spacial score (nSPS) is 10.1. The molecule has 1 heterocycles. The van der Waals surface area contributed by atoms with Crippen LogP contribution in [0.25, 0.3) is 0 Å². The monoisotopic (exact) mass is 351 g/mol. The number of aromatic amines is 1. The number of primary amides is 1. The van der Waals surface area contributed by atoms with Crippen LogP contribution in [0.3, 0.4) is 0 Å². The van der Waals surface area contributed by atoms with Crippen molar-refractivity contribution in [3.8, 4) is 0 Å². The molecule has 0 unspecified atom stereocenters. The van der Waals surface area contributed by atoms with Gasteiger partial charge in [0.25, 0.3) is 0 Å². The zero-order chi connectivity index (χ0) is 15.2. The third kappa shape index (κ3) is 4.32. The number of aromatic nitrogens is 2. The van der Waals surface area contributed by atoms with Crippen molar-refractivity contribution in [3.05, 3.63) is 46.2 Å². The van der Waals surface area contributed by atoms with Crippen molar-refractivity contribution in [1.82, 2.24) is 15.5 Å². The minimum atomic E-state index is -0.482. The van der Waals surface area contributed by atoms with E-state index in [1.54, 1.807) is 30.5 Å². The summed E-state index contributed by atoms with van der Waals surface area (Å²) in [6.45, 7) is 0.489. The quantitative estimate of drug-likeness (QED) is 0.621. The minimum Gasteiger partial charge on any atom is -0.376 e. The summed E-state index contributed by atoms with van der Waals surface area (Å²) in [6.07, 6.45) is 1.63. The van der Waals surface area contributed by atoms with Crippen molar-refractivity contribution >= 4 is 33.4 Å². The number of nitrogens with zero attached hydrogens (tertiary/aromatic N) is 1. The highest BCUT2D eigenvalue weighted by Gasteiger charge is 2.05. The van der Waals surface area contributed by atoms with Crippen molar-refractivity contribution in [1.29, 1.82) is 0 Å². The smallest absolute Gasteiger partial charge is 0.248 e. The molecule has 0 saturated heterocycles. The van der Waals surface area contributed by atoms with Crippen LogP contribution in [0.4, 0.5) is 5.69 Å². The first kappa shape index (κ1) is 15.0. The maximum absolute atomic E-state index is 11.7. The zero-order valence-corrected chi connectivity index (χ0v) is 12.6. The molecule has 7 nitrogen and oxygen atoms in total. The van der Waals surface area contributed by atoms with Gasteiger partial charge in [0.05, 0.1) is 29.5 Å². The average Bonchev–Trinajstić information content (AvgIpc) is 2.88. The van der Waals surface area contributed by atoms with Gasteiger partial charge in [-0.2, -0.15) is 5.10 Å². The van der Waals surface area contributed by atoms with E-state index in [0.717, 1.165) is 15.9 Å². The van der Waals surface area contributed by atoms with E-state index in [2.05, 4.69) is 36.8 Å². The molecule has 0 aliphatic rings. The van der Waals surface area contributed by atoms with Gasteiger partial charge in [-0.25, -0.2) is 0 Å². The second kappa shape index (κ2) is 6.89. The molecule has 0 fully saturated rings. The lowest BCUT2D eigenvalue weighted by Gasteiger charge is -2.07. The van der Waals surface area contributed by atoms with Gasteiger partial charge in [0.2, 0.25) is 11.8 Å². The Morgan fingerprint density at radius 2 is 2.00 bits per heavy atom. The predicted molar refractivity (Wildman–Crippen MR) is 81.6 cm³/mol. The minimum absolute atomic E-state index is 0.127. The Morgan fingerprint density at radius 3 is 2.57 bits per heavy atom. The SMILES string of the molecule is NC(=O)c1ccc(NCC(=O)NCc2[nH]ncc2Br)cc1. The number of halogens is 1. The molecule has 8 heteroatoms. The van der Waals surface area contributed by atoms with Crippen molar-refractivity contribution in [3.63, 3.8) is 0 Å². The third-order valence-corrected chi connectivity index (χ3v) is 3.43. The van der Waals surface area contributed by atoms with Crippen LogP contribution in [-0.4, -0.2) is 28.6 Å². The molecule has 0 saturated carbocycles. The molecule has 0 spiro atoms. The standard InChI is InChI=1S/C13H14BrN5O2/c14-10-5-18-19-11(10)6-17-12(20)7-16-9-3-1-8(2-4-9)13(15)21/h1-5,16H,6-7H2,(H2,15,21)(H,17,20)(H,18,19). The van der Waals surface area contributed by atoms with E-state index in [1.165, 1.54) is 0 Å². The number of anilines is 1. The Kier molecular flexibility index (Phi) is 4.94. The number of nitrogens with one attached hydrogen (secondary N) is 3. The highest BCUT2D eigenvalue weighted by molar-refractivity contribution is 9.10. The molecular weight excluding hydrogens is 338 g/mol. The first-order valence-corrected chi connectivity index (χ1v) is 6.93. The first-order chi connectivity index (χ1) is 10.1. The number of rotatable bonds is 6. The fraction of sp³-hybridized carbons (Fsp3) is 0.154. The zero-order valence-electron chi connectivity index (χ0n) is 11.0. The summed E-state index contributed by atoms with van der Waals surface area (Å²) in [5, 5.41) is 12.3. The van der Waals surface area contributed by atoms with Crippen molar-refractivity contribution in [2.45, 2.75) is 6.54 Å². The molecule has 2 rings (SSSR count). The van der Waals surface area contributed by atoms with Crippen LogP contribution in [0.15, 0.2) is 34.9 Å². The van der Waals surface area contributed by atoms with Gasteiger partial charge in [0.1, 0.15) is 0 Å². The van der Waals surface area contributed by atoms with Crippen LogP contribution < -0.4 is 16.4 Å². The Morgan fingerprint density at radius 1 is 1.29 bits per heavy atom. The van der Waals surface area contributed by atoms with Crippen molar-refractivity contribution < 1.29 is 9.59 Å². The summed E-state index contributed by atoms with van der Waals surface area (Å²) in [4.78, 5) is 22.6. The van der Waals surface area contributed by atoms with E-state index in [0.29, 0.717) is 12.1 Å². The van der Waals surface area contributed by atoms with E-state index in [-0.39, 0.29) is 12.5 Å². The van der Waals surface area contributed by atoms with Gasteiger partial charge in [-0.3, -0.25) is 14.7 Å². The lowest BCUT2D eigenvalue weighted by Crippen LogP contribution is -2.29. The van der Waals surface area contributed by atoms with Gasteiger partial charge >= 0.3 is 0 Å². The Bertz CT molecular complexity index is 638. The molecule has 5 N–H and O–H groups in total. The summed E-state index contributed by atoms with van der Waals surface area (Å²) in [7, 11) is 0. The van der Waals surface area contributed by atoms with Gasteiger partial charge in [-0.1, -0.05) is 0 Å². The van der Waals surface area contributed by atoms with Crippen LogP contribution in [0, 0.1) is 0 Å². The lowest BCUT2D eigenvalue weighted by molar-refractivity contribution is -0.119. The number of hydrogen-bond acceptors (Lipinski definition) is 4. The first-order valence-electron chi connectivity index (χ1n) is 6.14. The number of H-pyrrole nitrogens is 1. The summed E-state index contributed by atoms with van der Waals surface area (Å²) in [5.74, 6) is -0.639. The molecule has 2 amide bonds. The third-order valence-electron chi connectivity index (χ3n) is 2.75. The van der Waals surface area contributed by atoms with Gasteiger partial charge in [-0.05, 0) is 40.2 Å². The van der Waals surface area contributed by atoms with Gasteiger partial charge in [0.15, 0.2) is 0 Å². The summed E-state index contributed by atoms with van der Waals surface area (Å²) < 4.78 is 0.817. The number of benzene rings is 1. The van der Waals surface area contributed by atoms with Gasteiger partial charge < -0.3 is 16.4 Å². The molecular formula is C13H14BrN5O2. The van der Waals surface area contributed by atoms with Crippen LogP contribution in [0.1, 0.15) is 16.1 Å². The fourth-order valence-electron chi connectivity index (χ4n) is 1.61. The molecule has 0 aliphatic carbocycles. The van der Waals surface area contributed by atoms with Crippen LogP contribution in [-0.2, 0) is 11.3 Å². The van der Waals surface area contributed by atoms with E-state index in [9.17, 15) is 9.59 Å². The summed E-state index contributed by atoms with van der Waals surface area (Å²) in [6, 6.07) is 6.59. The van der Waals surface area contributed by atoms with Crippen LogP contribution >= 0.6 is 15.9 Å². The number of amides is 2. The Hall–Kier alpha value is -2.35. The number of carbonyl (C=O) groups excluding carboxylic acids is 2. The van der Waals surface area contributed by atoms with Crippen LogP contribution in [0.5, 0.6) is 0 Å². The summed E-state index contributed by atoms with van der Waals surface area (Å²) in [5.41, 5.74) is 7.11. The maximum Gasteiger partial charge on any atom is 0.248 e. The highest BCUT2D eigenvalue weighted by Crippen LogP contribution is 2.12. The lowest BCUT2D eigenvalue weighted by atomic mass is 10.2. The highest BCUT2D eigenvalue weighted by atomic mass is 79.9. The Labute approximate surface area is 129 Å². The maximum atomic E-state index is 11.7. The largest absolute Gasteiger partial charge is 0.376 e. The Balaban J connectivity index is 1.78. The summed E-state index contributed by atoms with van der Waals surface area (Å²) >= 11 is 3.31. The molecule has 21 heavy (non-hydrogen) atoms. The molecule has 110 valence electrons. The molecule has 0 radical (unpaired) electrons. The molecule has 0 bridgehead atoms. The second-order valence-corrected chi connectivity index (χ2v) is 5.12. The van der Waals surface area contributed by atoms with Crippen molar-refractivity contribution in [2.24, 2.45) is 5.73 Å². The predicted octanol–water partition coefficient (Wildman–Crippen LogP) is 0.999. The van der Waals surface area contributed by atoms with E-state index in [4.69, 9.17) is 5.73 Å². The number of nitrogens with two attached hydrogens (primary N) is 1. The molecule has 0 aliphatic heterocycles. The molecule has 0 atom stereocenters. The van der Waals surface area contributed by atoms with Crippen molar-refractivity contribution in [2.75, 3.05) is 11.9 Å². The number of hydrogen-bond donors (Lipinski definition) is 4. The van der Waals surface area contributed by atoms with Gasteiger partial charge in [-0.15, -0.1) is 0 Å². The topological polar surface area (TPSA) is 113 Å². The molecule has 1 aromatic heterocycles. The number of carbonyl (C=O) groups is 2. The van der Waals surface area contributed by atoms with Crippen LogP contribution in [0.2, 0.25) is 0 Å². The molecule has 2 aromatic rings. The van der Waals surface area contributed by atoms with E-state index in [1.807, 2.05) is 0 Å². The van der Waals surface area contributed by atoms with Gasteiger partial charge in [0, 0.05) is 11.3 Å². The molecule has 1 aromatic carbocycles. The van der Waals surface area contributed by atoms with E-state index >= 15 is 0 Å². The second-order valence-electron chi connectivity index (χ2n) is 4.27. The average molecular weight is 352 g/mol.